The number of hydrogen-bond acceptors (Lipinski definition) is 1. The van der Waals surface area contributed by atoms with E-state index in [2.05, 4.69) is 21.2 Å². The van der Waals surface area contributed by atoms with Crippen molar-refractivity contribution < 1.29 is 18.0 Å². The normalized spacial score (nSPS) is 10.4. The van der Waals surface area contributed by atoms with Crippen molar-refractivity contribution in [1.29, 1.82) is 0 Å². The van der Waals surface area contributed by atoms with Gasteiger partial charge in [-0.2, -0.15) is 0 Å². The van der Waals surface area contributed by atoms with Gasteiger partial charge in [0.25, 0.3) is 5.91 Å². The highest BCUT2D eigenvalue weighted by molar-refractivity contribution is 9.10. The summed E-state index contributed by atoms with van der Waals surface area (Å²) >= 11 is 3.19. The summed E-state index contributed by atoms with van der Waals surface area (Å²) in [5.41, 5.74) is 0.527. The van der Waals surface area contributed by atoms with Crippen molar-refractivity contribution in [2.24, 2.45) is 0 Å². The zero-order valence-electron chi connectivity index (χ0n) is 10.3. The van der Waals surface area contributed by atoms with E-state index in [1.165, 1.54) is 0 Å². The molecule has 0 bridgehead atoms. The molecule has 0 fully saturated rings. The van der Waals surface area contributed by atoms with Crippen LogP contribution in [0, 0.1) is 24.4 Å². The van der Waals surface area contributed by atoms with Gasteiger partial charge in [0.2, 0.25) is 0 Å². The molecular weight excluding hydrogens is 335 g/mol. The van der Waals surface area contributed by atoms with Crippen molar-refractivity contribution in [2.75, 3.05) is 5.32 Å². The van der Waals surface area contributed by atoms with E-state index in [1.54, 1.807) is 25.1 Å². The first-order chi connectivity index (χ1) is 9.38. The Balaban J connectivity index is 2.35. The number of halogens is 4. The molecule has 2 nitrogen and oxygen atoms in total. The highest BCUT2D eigenvalue weighted by atomic mass is 79.9. The van der Waals surface area contributed by atoms with Gasteiger partial charge in [-0.1, -0.05) is 11.6 Å². The third-order valence-electron chi connectivity index (χ3n) is 2.61. The lowest BCUT2D eigenvalue weighted by molar-refractivity contribution is 0.102. The number of aryl methyl sites for hydroxylation is 1. The average Bonchev–Trinajstić information content (AvgIpc) is 2.38. The molecule has 1 amide bonds. The van der Waals surface area contributed by atoms with Gasteiger partial charge in [0, 0.05) is 16.6 Å². The monoisotopic (exact) mass is 343 g/mol. The van der Waals surface area contributed by atoms with Crippen LogP contribution in [0.2, 0.25) is 0 Å². The lowest BCUT2D eigenvalue weighted by atomic mass is 10.1. The summed E-state index contributed by atoms with van der Waals surface area (Å²) in [5.74, 6) is -4.29. The smallest absolute Gasteiger partial charge is 0.256 e. The standard InChI is InChI=1S/C14H9BrF3NO/c1-7-2-3-10(15)9(4-7)14(20)19-12-6-8(16)5-11(17)13(12)18/h2-6H,1H3,(H,19,20). The van der Waals surface area contributed by atoms with Gasteiger partial charge < -0.3 is 5.32 Å². The van der Waals surface area contributed by atoms with Gasteiger partial charge in [-0.25, -0.2) is 13.2 Å². The molecule has 0 saturated heterocycles. The second-order valence-corrected chi connectivity index (χ2v) is 5.04. The van der Waals surface area contributed by atoms with Crippen molar-refractivity contribution in [3.05, 3.63) is 63.4 Å². The van der Waals surface area contributed by atoms with Gasteiger partial charge in [-0.05, 0) is 35.0 Å². The summed E-state index contributed by atoms with van der Waals surface area (Å²) in [6, 6.07) is 6.15. The van der Waals surface area contributed by atoms with Crippen LogP contribution in [-0.4, -0.2) is 5.91 Å². The van der Waals surface area contributed by atoms with E-state index in [-0.39, 0.29) is 5.56 Å². The number of benzene rings is 2. The molecule has 0 aliphatic rings. The molecule has 0 saturated carbocycles. The largest absolute Gasteiger partial charge is 0.319 e. The number of anilines is 1. The van der Waals surface area contributed by atoms with Crippen molar-refractivity contribution in [1.82, 2.24) is 0 Å². The lowest BCUT2D eigenvalue weighted by Gasteiger charge is -2.09. The second kappa shape index (κ2) is 5.66. The minimum atomic E-state index is -1.36. The summed E-state index contributed by atoms with van der Waals surface area (Å²) in [4.78, 5) is 12.0. The van der Waals surface area contributed by atoms with E-state index >= 15 is 0 Å². The van der Waals surface area contributed by atoms with Crippen LogP contribution >= 0.6 is 15.9 Å². The summed E-state index contributed by atoms with van der Waals surface area (Å²) < 4.78 is 40.1. The molecule has 0 heterocycles. The third kappa shape index (κ3) is 3.01. The summed E-state index contributed by atoms with van der Waals surface area (Å²) in [6.45, 7) is 1.78. The molecule has 0 aromatic heterocycles. The first-order valence-corrected chi connectivity index (χ1v) is 6.40. The molecule has 2 aromatic rings. The third-order valence-corrected chi connectivity index (χ3v) is 3.30. The predicted octanol–water partition coefficient (Wildman–Crippen LogP) is 4.43. The van der Waals surface area contributed by atoms with Crippen LogP contribution in [0.1, 0.15) is 15.9 Å². The Kier molecular flexibility index (Phi) is 4.13. The fraction of sp³-hybridized carbons (Fsp3) is 0.0714. The van der Waals surface area contributed by atoms with Crippen LogP contribution in [0.3, 0.4) is 0 Å². The maximum atomic E-state index is 13.5. The number of carbonyl (C=O) groups is 1. The predicted molar refractivity (Wildman–Crippen MR) is 73.1 cm³/mol. The number of hydrogen-bond donors (Lipinski definition) is 1. The van der Waals surface area contributed by atoms with Gasteiger partial charge >= 0.3 is 0 Å². The Bertz CT molecular complexity index is 688. The van der Waals surface area contributed by atoms with Gasteiger partial charge in [0.1, 0.15) is 5.82 Å². The molecule has 20 heavy (non-hydrogen) atoms. The Hall–Kier alpha value is -1.82. The van der Waals surface area contributed by atoms with Crippen molar-refractivity contribution in [2.45, 2.75) is 6.92 Å². The van der Waals surface area contributed by atoms with E-state index in [1.807, 2.05) is 0 Å². The molecule has 2 aromatic carbocycles. The van der Waals surface area contributed by atoms with Crippen molar-refractivity contribution in [3.8, 4) is 0 Å². The van der Waals surface area contributed by atoms with Crippen LogP contribution in [-0.2, 0) is 0 Å². The average molecular weight is 344 g/mol. The van der Waals surface area contributed by atoms with E-state index in [0.717, 1.165) is 11.6 Å². The van der Waals surface area contributed by atoms with Gasteiger partial charge in [0.15, 0.2) is 11.6 Å². The van der Waals surface area contributed by atoms with Gasteiger partial charge in [0.05, 0.1) is 11.3 Å². The van der Waals surface area contributed by atoms with Crippen LogP contribution in [0.4, 0.5) is 18.9 Å². The topological polar surface area (TPSA) is 29.1 Å². The summed E-state index contributed by atoms with van der Waals surface area (Å²) in [7, 11) is 0. The fourth-order valence-corrected chi connectivity index (χ4v) is 2.08. The van der Waals surface area contributed by atoms with Crippen LogP contribution in [0.5, 0.6) is 0 Å². The fourth-order valence-electron chi connectivity index (χ4n) is 1.65. The van der Waals surface area contributed by atoms with Crippen LogP contribution in [0.25, 0.3) is 0 Å². The highest BCUT2D eigenvalue weighted by Gasteiger charge is 2.16. The van der Waals surface area contributed by atoms with E-state index in [9.17, 15) is 18.0 Å². The lowest BCUT2D eigenvalue weighted by Crippen LogP contribution is -2.14. The Morgan fingerprint density at radius 2 is 1.85 bits per heavy atom. The number of rotatable bonds is 2. The molecule has 0 radical (unpaired) electrons. The number of amides is 1. The first kappa shape index (κ1) is 14.6. The molecule has 0 spiro atoms. The molecule has 0 atom stereocenters. The second-order valence-electron chi connectivity index (χ2n) is 4.19. The van der Waals surface area contributed by atoms with E-state index in [0.29, 0.717) is 10.5 Å². The molecule has 104 valence electrons. The number of carbonyl (C=O) groups excluding carboxylic acids is 1. The maximum absolute atomic E-state index is 13.5. The molecule has 6 heteroatoms. The van der Waals surface area contributed by atoms with Crippen LogP contribution in [0.15, 0.2) is 34.8 Å². The molecule has 2 rings (SSSR count). The quantitative estimate of drug-likeness (QED) is 0.803. The summed E-state index contributed by atoms with van der Waals surface area (Å²) in [6.07, 6.45) is 0. The molecule has 0 aliphatic heterocycles. The Morgan fingerprint density at radius 3 is 2.55 bits per heavy atom. The minimum Gasteiger partial charge on any atom is -0.319 e. The van der Waals surface area contributed by atoms with Crippen molar-refractivity contribution >= 4 is 27.5 Å². The van der Waals surface area contributed by atoms with Gasteiger partial charge in [-0.15, -0.1) is 0 Å². The molecule has 0 aliphatic carbocycles. The summed E-state index contributed by atoms with van der Waals surface area (Å²) in [5, 5.41) is 2.15. The molecule has 0 unspecified atom stereocenters. The SMILES string of the molecule is Cc1ccc(Br)c(C(=O)Nc2cc(F)cc(F)c2F)c1. The van der Waals surface area contributed by atoms with Crippen molar-refractivity contribution in [3.63, 3.8) is 0 Å². The minimum absolute atomic E-state index is 0.245. The molecule has 1 N–H and O–H groups in total. The van der Waals surface area contributed by atoms with Gasteiger partial charge in [-0.3, -0.25) is 4.79 Å². The zero-order chi connectivity index (χ0) is 14.9. The molecular formula is C14H9BrF3NO. The highest BCUT2D eigenvalue weighted by Crippen LogP contribution is 2.23. The Morgan fingerprint density at radius 1 is 1.15 bits per heavy atom. The first-order valence-electron chi connectivity index (χ1n) is 5.60. The van der Waals surface area contributed by atoms with E-state index in [4.69, 9.17) is 0 Å². The van der Waals surface area contributed by atoms with Crippen LogP contribution < -0.4 is 5.32 Å². The Labute approximate surface area is 121 Å². The number of nitrogens with one attached hydrogen (secondary N) is 1. The van der Waals surface area contributed by atoms with E-state index < -0.39 is 29.0 Å². The maximum Gasteiger partial charge on any atom is 0.256 e. The zero-order valence-corrected chi connectivity index (χ0v) is 11.9.